The number of hydrogen-bond donors (Lipinski definition) is 2. The predicted molar refractivity (Wildman–Crippen MR) is 116 cm³/mol. The molecule has 0 aromatic heterocycles. The Kier molecular flexibility index (Phi) is 7.79. The number of aliphatic imine (C=N–C) groups is 1. The third-order valence-corrected chi connectivity index (χ3v) is 5.95. The highest BCUT2D eigenvalue weighted by Crippen LogP contribution is 2.28. The van der Waals surface area contributed by atoms with E-state index in [2.05, 4.69) is 65.6 Å². The highest BCUT2D eigenvalue weighted by Gasteiger charge is 2.28. The molecule has 3 rings (SSSR count). The Morgan fingerprint density at radius 3 is 2.81 bits per heavy atom. The van der Waals surface area contributed by atoms with Gasteiger partial charge in [-0.3, -0.25) is 9.89 Å². The molecule has 0 bridgehead atoms. The summed E-state index contributed by atoms with van der Waals surface area (Å²) in [6, 6.07) is 9.60. The number of nitrogens with one attached hydrogen (secondary N) is 2. The van der Waals surface area contributed by atoms with Gasteiger partial charge in [-0.1, -0.05) is 12.1 Å². The molecular weight excluding hydrogens is 406 g/mol. The zero-order valence-corrected chi connectivity index (χ0v) is 18.0. The molecule has 1 aromatic rings. The molecular formula is C20H32BrN5O. The average molecular weight is 438 g/mol. The lowest BCUT2D eigenvalue weighted by atomic mass is 10.3. The lowest BCUT2D eigenvalue weighted by Crippen LogP contribution is -2.47. The molecule has 1 aliphatic carbocycles. The quantitative estimate of drug-likeness (QED) is 0.458. The van der Waals surface area contributed by atoms with E-state index >= 15 is 0 Å². The van der Waals surface area contributed by atoms with E-state index in [-0.39, 0.29) is 0 Å². The summed E-state index contributed by atoms with van der Waals surface area (Å²) in [7, 11) is 3.62. The third kappa shape index (κ3) is 6.09. The van der Waals surface area contributed by atoms with Gasteiger partial charge in [0.05, 0.1) is 12.3 Å². The van der Waals surface area contributed by atoms with Crippen LogP contribution in [0.25, 0.3) is 0 Å². The van der Waals surface area contributed by atoms with Gasteiger partial charge >= 0.3 is 0 Å². The van der Waals surface area contributed by atoms with Crippen LogP contribution in [0.1, 0.15) is 19.3 Å². The van der Waals surface area contributed by atoms with E-state index in [4.69, 9.17) is 4.74 Å². The molecule has 1 unspecified atom stereocenters. The minimum absolute atomic E-state index is 0.413. The van der Waals surface area contributed by atoms with E-state index in [0.717, 1.165) is 62.2 Å². The van der Waals surface area contributed by atoms with E-state index in [1.807, 2.05) is 7.05 Å². The first-order valence-corrected chi connectivity index (χ1v) is 10.7. The van der Waals surface area contributed by atoms with Crippen LogP contribution in [0.15, 0.2) is 33.7 Å². The first kappa shape index (κ1) is 20.4. The van der Waals surface area contributed by atoms with Gasteiger partial charge in [-0.15, -0.1) is 0 Å². The van der Waals surface area contributed by atoms with Crippen LogP contribution in [0, 0.1) is 0 Å². The van der Waals surface area contributed by atoms with Crippen molar-refractivity contribution in [2.75, 3.05) is 58.4 Å². The second-order valence-corrected chi connectivity index (χ2v) is 8.14. The summed E-state index contributed by atoms with van der Waals surface area (Å²) >= 11 is 3.66. The van der Waals surface area contributed by atoms with Crippen molar-refractivity contribution in [1.29, 1.82) is 0 Å². The molecule has 2 fully saturated rings. The molecule has 0 radical (unpaired) electrons. The minimum atomic E-state index is 0.413. The number of methoxy groups -OCH3 is 1. The Morgan fingerprint density at radius 1 is 1.30 bits per heavy atom. The zero-order chi connectivity index (χ0) is 19.1. The zero-order valence-electron chi connectivity index (χ0n) is 16.5. The molecule has 0 amide bonds. The lowest BCUT2D eigenvalue weighted by molar-refractivity contribution is 0.144. The standard InChI is InChI=1S/C20H32BrN5O/c1-22-20(23-10-12-25(13-14-27-2)17-7-8-17)24-16-9-11-26(15-16)19-6-4-3-5-18(19)21/h3-6,16-17H,7-15H2,1-2H3,(H2,22,23,24). The van der Waals surface area contributed by atoms with Crippen LogP contribution in [0.3, 0.4) is 0 Å². The smallest absolute Gasteiger partial charge is 0.191 e. The highest BCUT2D eigenvalue weighted by atomic mass is 79.9. The molecule has 2 aliphatic rings. The van der Waals surface area contributed by atoms with Crippen LogP contribution in [0.5, 0.6) is 0 Å². The summed E-state index contributed by atoms with van der Waals surface area (Å²) in [4.78, 5) is 9.36. The molecule has 150 valence electrons. The molecule has 1 saturated heterocycles. The van der Waals surface area contributed by atoms with Gasteiger partial charge in [-0.2, -0.15) is 0 Å². The second-order valence-electron chi connectivity index (χ2n) is 7.29. The summed E-state index contributed by atoms with van der Waals surface area (Å²) < 4.78 is 6.39. The van der Waals surface area contributed by atoms with Crippen LogP contribution >= 0.6 is 15.9 Å². The number of nitrogens with zero attached hydrogens (tertiary/aromatic N) is 3. The van der Waals surface area contributed by atoms with Crippen molar-refractivity contribution in [1.82, 2.24) is 15.5 Å². The van der Waals surface area contributed by atoms with Crippen LogP contribution in [0.2, 0.25) is 0 Å². The molecule has 1 heterocycles. The number of ether oxygens (including phenoxy) is 1. The lowest BCUT2D eigenvalue weighted by Gasteiger charge is -2.23. The van der Waals surface area contributed by atoms with Crippen molar-refractivity contribution in [3.63, 3.8) is 0 Å². The monoisotopic (exact) mass is 437 g/mol. The Hall–Kier alpha value is -1.31. The molecule has 1 aliphatic heterocycles. The van der Waals surface area contributed by atoms with E-state index in [9.17, 15) is 0 Å². The molecule has 2 N–H and O–H groups in total. The molecule has 27 heavy (non-hydrogen) atoms. The average Bonchev–Trinajstić information content (AvgIpc) is 3.42. The van der Waals surface area contributed by atoms with Crippen molar-refractivity contribution in [3.8, 4) is 0 Å². The van der Waals surface area contributed by atoms with Crippen molar-refractivity contribution < 1.29 is 4.74 Å². The SMILES string of the molecule is CN=C(NCCN(CCOC)C1CC1)NC1CCN(c2ccccc2Br)C1. The van der Waals surface area contributed by atoms with Crippen molar-refractivity contribution in [2.45, 2.75) is 31.3 Å². The van der Waals surface area contributed by atoms with Gasteiger partial charge < -0.3 is 20.3 Å². The number of anilines is 1. The van der Waals surface area contributed by atoms with Crippen molar-refractivity contribution in [3.05, 3.63) is 28.7 Å². The number of benzene rings is 1. The fourth-order valence-corrected chi connectivity index (χ4v) is 4.17. The van der Waals surface area contributed by atoms with E-state index < -0.39 is 0 Å². The number of guanidine groups is 1. The van der Waals surface area contributed by atoms with Crippen molar-refractivity contribution >= 4 is 27.6 Å². The molecule has 1 saturated carbocycles. The fraction of sp³-hybridized carbons (Fsp3) is 0.650. The maximum Gasteiger partial charge on any atom is 0.191 e. The number of hydrogen-bond acceptors (Lipinski definition) is 4. The topological polar surface area (TPSA) is 52.1 Å². The van der Waals surface area contributed by atoms with Crippen LogP contribution in [-0.4, -0.2) is 76.4 Å². The Morgan fingerprint density at radius 2 is 2.11 bits per heavy atom. The van der Waals surface area contributed by atoms with Gasteiger partial charge in [0, 0.05) is 63.4 Å². The van der Waals surface area contributed by atoms with Gasteiger partial charge in [-0.25, -0.2) is 0 Å². The van der Waals surface area contributed by atoms with Gasteiger partial charge in [0.2, 0.25) is 0 Å². The maximum absolute atomic E-state index is 5.24. The molecule has 6 nitrogen and oxygen atoms in total. The summed E-state index contributed by atoms with van der Waals surface area (Å²) in [6.07, 6.45) is 3.76. The Bertz CT molecular complexity index is 622. The predicted octanol–water partition coefficient (Wildman–Crippen LogP) is 2.30. The number of halogens is 1. The Labute approximate surface area is 171 Å². The summed E-state index contributed by atoms with van der Waals surface area (Å²) in [6.45, 7) is 5.80. The van der Waals surface area contributed by atoms with Crippen LogP contribution in [0.4, 0.5) is 5.69 Å². The largest absolute Gasteiger partial charge is 0.383 e. The molecule has 7 heteroatoms. The first-order valence-electron chi connectivity index (χ1n) is 9.91. The van der Waals surface area contributed by atoms with Gasteiger partial charge in [0.1, 0.15) is 0 Å². The normalized spacial score (nSPS) is 20.4. The first-order chi connectivity index (χ1) is 13.2. The summed E-state index contributed by atoms with van der Waals surface area (Å²) in [5.41, 5.74) is 1.27. The highest BCUT2D eigenvalue weighted by molar-refractivity contribution is 9.10. The second kappa shape index (κ2) is 10.3. The number of para-hydroxylation sites is 1. The minimum Gasteiger partial charge on any atom is -0.383 e. The van der Waals surface area contributed by atoms with Crippen LogP contribution in [-0.2, 0) is 4.74 Å². The van der Waals surface area contributed by atoms with E-state index in [1.54, 1.807) is 7.11 Å². The van der Waals surface area contributed by atoms with Crippen LogP contribution < -0.4 is 15.5 Å². The van der Waals surface area contributed by atoms with E-state index in [0.29, 0.717) is 6.04 Å². The Balaban J connectivity index is 1.42. The molecule has 1 aromatic carbocycles. The van der Waals surface area contributed by atoms with Gasteiger partial charge in [0.25, 0.3) is 0 Å². The van der Waals surface area contributed by atoms with E-state index in [1.165, 1.54) is 18.5 Å². The molecule has 0 spiro atoms. The number of rotatable bonds is 9. The van der Waals surface area contributed by atoms with Crippen molar-refractivity contribution in [2.24, 2.45) is 4.99 Å². The van der Waals surface area contributed by atoms with Gasteiger partial charge in [-0.05, 0) is 47.3 Å². The van der Waals surface area contributed by atoms with Gasteiger partial charge in [0.15, 0.2) is 5.96 Å². The summed E-state index contributed by atoms with van der Waals surface area (Å²) in [5, 5.41) is 7.07. The molecule has 1 atom stereocenters. The maximum atomic E-state index is 5.24. The summed E-state index contributed by atoms with van der Waals surface area (Å²) in [5.74, 6) is 0.900. The third-order valence-electron chi connectivity index (χ3n) is 5.28. The fourth-order valence-electron chi connectivity index (χ4n) is 3.64.